The predicted octanol–water partition coefficient (Wildman–Crippen LogP) is 3.56. The van der Waals surface area contributed by atoms with Crippen molar-refractivity contribution in [1.82, 2.24) is 19.8 Å². The number of thioether (sulfide) groups is 1. The Bertz CT molecular complexity index is 762. The van der Waals surface area contributed by atoms with Crippen molar-refractivity contribution in [3.8, 4) is 10.6 Å². The van der Waals surface area contributed by atoms with Gasteiger partial charge in [0.25, 0.3) is 0 Å². The lowest BCUT2D eigenvalue weighted by molar-refractivity contribution is 0.887. The lowest BCUT2D eigenvalue weighted by atomic mass is 10.2. The fourth-order valence-corrected chi connectivity index (χ4v) is 3.74. The number of rotatable bonds is 6. The Morgan fingerprint density at radius 2 is 2.14 bits per heavy atom. The monoisotopic (exact) mass is 333 g/mol. The SMILES string of the molecule is CCCSCc1nnc2sc(-c3cccc(N(C)C)c3)nn12. The molecule has 1 aromatic carbocycles. The van der Waals surface area contributed by atoms with Gasteiger partial charge in [-0.15, -0.1) is 10.2 Å². The molecule has 3 aromatic rings. The van der Waals surface area contributed by atoms with E-state index in [0.717, 1.165) is 32.9 Å². The van der Waals surface area contributed by atoms with Gasteiger partial charge in [-0.2, -0.15) is 21.4 Å². The molecule has 0 radical (unpaired) electrons. The fourth-order valence-electron chi connectivity index (χ4n) is 2.09. The van der Waals surface area contributed by atoms with Gasteiger partial charge in [-0.05, 0) is 24.3 Å². The molecule has 5 nitrogen and oxygen atoms in total. The van der Waals surface area contributed by atoms with Crippen molar-refractivity contribution in [2.75, 3.05) is 24.7 Å². The van der Waals surface area contributed by atoms with E-state index in [4.69, 9.17) is 5.10 Å². The molecule has 0 saturated heterocycles. The van der Waals surface area contributed by atoms with Gasteiger partial charge >= 0.3 is 0 Å². The quantitative estimate of drug-likeness (QED) is 0.646. The molecule has 0 aliphatic rings. The Balaban J connectivity index is 1.90. The maximum Gasteiger partial charge on any atom is 0.235 e. The Hall–Kier alpha value is -1.60. The summed E-state index contributed by atoms with van der Waals surface area (Å²) < 4.78 is 1.88. The maximum absolute atomic E-state index is 4.70. The van der Waals surface area contributed by atoms with Gasteiger partial charge in [0.15, 0.2) is 5.82 Å². The number of aromatic nitrogens is 4. The largest absolute Gasteiger partial charge is 0.378 e. The third-order valence-electron chi connectivity index (χ3n) is 3.24. The van der Waals surface area contributed by atoms with E-state index in [2.05, 4.69) is 46.3 Å². The maximum atomic E-state index is 4.70. The molecule has 3 rings (SSSR count). The zero-order chi connectivity index (χ0) is 15.5. The van der Waals surface area contributed by atoms with Crippen LogP contribution < -0.4 is 4.90 Å². The van der Waals surface area contributed by atoms with E-state index >= 15 is 0 Å². The first-order valence-corrected chi connectivity index (χ1v) is 9.22. The standard InChI is InChI=1S/C15H19N5S2/c1-4-8-21-10-13-16-17-15-20(13)18-14(22-15)11-6-5-7-12(9-11)19(2)3/h5-7,9H,4,8,10H2,1-3H3. The molecular weight excluding hydrogens is 314 g/mol. The van der Waals surface area contributed by atoms with Gasteiger partial charge in [0.05, 0.1) is 5.75 Å². The highest BCUT2D eigenvalue weighted by Crippen LogP contribution is 2.28. The van der Waals surface area contributed by atoms with Crippen molar-refractivity contribution in [3.63, 3.8) is 0 Å². The Labute approximate surface area is 138 Å². The topological polar surface area (TPSA) is 46.3 Å². The zero-order valence-electron chi connectivity index (χ0n) is 13.0. The molecule has 0 bridgehead atoms. The Morgan fingerprint density at radius 1 is 1.27 bits per heavy atom. The summed E-state index contributed by atoms with van der Waals surface area (Å²) >= 11 is 3.45. The van der Waals surface area contributed by atoms with Crippen LogP contribution in [0.1, 0.15) is 19.2 Å². The van der Waals surface area contributed by atoms with Crippen LogP contribution >= 0.6 is 23.1 Å². The zero-order valence-corrected chi connectivity index (χ0v) is 14.6. The molecule has 0 aliphatic carbocycles. The molecule has 0 amide bonds. The van der Waals surface area contributed by atoms with Crippen LogP contribution in [-0.2, 0) is 5.75 Å². The second-order valence-electron chi connectivity index (χ2n) is 5.22. The van der Waals surface area contributed by atoms with E-state index in [1.807, 2.05) is 30.4 Å². The summed E-state index contributed by atoms with van der Waals surface area (Å²) in [4.78, 5) is 2.95. The van der Waals surface area contributed by atoms with Crippen LogP contribution in [0.15, 0.2) is 24.3 Å². The first-order valence-electron chi connectivity index (χ1n) is 7.25. The smallest absolute Gasteiger partial charge is 0.235 e. The van der Waals surface area contributed by atoms with Gasteiger partial charge in [0.2, 0.25) is 4.96 Å². The van der Waals surface area contributed by atoms with E-state index in [0.29, 0.717) is 0 Å². The molecule has 7 heteroatoms. The third kappa shape index (κ3) is 3.10. The molecule has 2 heterocycles. The number of hydrogen-bond donors (Lipinski definition) is 0. The molecular formula is C15H19N5S2. The van der Waals surface area contributed by atoms with Crippen molar-refractivity contribution in [2.24, 2.45) is 0 Å². The van der Waals surface area contributed by atoms with Crippen LogP contribution in [0.4, 0.5) is 5.69 Å². The third-order valence-corrected chi connectivity index (χ3v) is 5.35. The molecule has 0 unspecified atom stereocenters. The molecule has 22 heavy (non-hydrogen) atoms. The lowest BCUT2D eigenvalue weighted by Gasteiger charge is -2.12. The summed E-state index contributed by atoms with van der Waals surface area (Å²) in [7, 11) is 4.08. The molecule has 116 valence electrons. The first kappa shape index (κ1) is 15.3. The summed E-state index contributed by atoms with van der Waals surface area (Å²) in [6, 6.07) is 8.39. The lowest BCUT2D eigenvalue weighted by Crippen LogP contribution is -2.08. The molecule has 0 fully saturated rings. The number of hydrogen-bond acceptors (Lipinski definition) is 6. The average Bonchev–Trinajstić information content (AvgIpc) is 3.09. The Morgan fingerprint density at radius 3 is 2.91 bits per heavy atom. The molecule has 2 aromatic heterocycles. The fraction of sp³-hybridized carbons (Fsp3) is 0.400. The van der Waals surface area contributed by atoms with Crippen LogP contribution in [0.25, 0.3) is 15.5 Å². The van der Waals surface area contributed by atoms with Gasteiger partial charge in [-0.3, -0.25) is 0 Å². The van der Waals surface area contributed by atoms with Crippen LogP contribution in [0.3, 0.4) is 0 Å². The minimum atomic E-state index is 0.857. The number of nitrogens with zero attached hydrogens (tertiary/aromatic N) is 5. The first-order chi connectivity index (χ1) is 10.7. The highest BCUT2D eigenvalue weighted by Gasteiger charge is 2.13. The van der Waals surface area contributed by atoms with Gasteiger partial charge < -0.3 is 4.90 Å². The van der Waals surface area contributed by atoms with Gasteiger partial charge in [0.1, 0.15) is 5.01 Å². The summed E-state index contributed by atoms with van der Waals surface area (Å²) in [6.45, 7) is 2.19. The van der Waals surface area contributed by atoms with Crippen molar-refractivity contribution < 1.29 is 0 Å². The van der Waals surface area contributed by atoms with Crippen molar-refractivity contribution in [2.45, 2.75) is 19.1 Å². The highest BCUT2D eigenvalue weighted by atomic mass is 32.2. The molecule has 0 saturated carbocycles. The second-order valence-corrected chi connectivity index (χ2v) is 7.28. The van der Waals surface area contributed by atoms with Crippen molar-refractivity contribution in [1.29, 1.82) is 0 Å². The second kappa shape index (κ2) is 6.66. The summed E-state index contributed by atoms with van der Waals surface area (Å²) in [5.74, 6) is 2.92. The van der Waals surface area contributed by atoms with E-state index in [-0.39, 0.29) is 0 Å². The average molecular weight is 333 g/mol. The van der Waals surface area contributed by atoms with Crippen molar-refractivity contribution in [3.05, 3.63) is 30.1 Å². The molecule has 0 N–H and O–H groups in total. The normalized spacial score (nSPS) is 11.2. The van der Waals surface area contributed by atoms with Crippen LogP contribution in [0.2, 0.25) is 0 Å². The minimum Gasteiger partial charge on any atom is -0.378 e. The van der Waals surface area contributed by atoms with E-state index < -0.39 is 0 Å². The van der Waals surface area contributed by atoms with Gasteiger partial charge in [-0.25, -0.2) is 0 Å². The van der Waals surface area contributed by atoms with Crippen molar-refractivity contribution >= 4 is 33.7 Å². The minimum absolute atomic E-state index is 0.857. The predicted molar refractivity (Wildman–Crippen MR) is 94.9 cm³/mol. The number of anilines is 1. The molecule has 0 atom stereocenters. The van der Waals surface area contributed by atoms with E-state index in [1.54, 1.807) is 11.3 Å². The van der Waals surface area contributed by atoms with E-state index in [9.17, 15) is 0 Å². The Kier molecular flexibility index (Phi) is 4.63. The highest BCUT2D eigenvalue weighted by molar-refractivity contribution is 7.98. The van der Waals surface area contributed by atoms with Gasteiger partial charge in [0, 0.05) is 25.3 Å². The van der Waals surface area contributed by atoms with Crippen LogP contribution in [-0.4, -0.2) is 39.7 Å². The molecule has 0 aliphatic heterocycles. The summed E-state index contributed by atoms with van der Waals surface area (Å²) in [5, 5.41) is 14.2. The van der Waals surface area contributed by atoms with E-state index in [1.165, 1.54) is 12.1 Å². The van der Waals surface area contributed by atoms with Gasteiger partial charge in [-0.1, -0.05) is 30.4 Å². The number of benzene rings is 1. The molecule has 0 spiro atoms. The summed E-state index contributed by atoms with van der Waals surface area (Å²) in [6.07, 6.45) is 1.17. The van der Waals surface area contributed by atoms with Crippen LogP contribution in [0, 0.1) is 0 Å². The number of fused-ring (bicyclic) bond motifs is 1. The van der Waals surface area contributed by atoms with Crippen LogP contribution in [0.5, 0.6) is 0 Å². The summed E-state index contributed by atoms with van der Waals surface area (Å²) in [5.41, 5.74) is 2.29.